The zero-order valence-electron chi connectivity index (χ0n) is 20.6. The number of carbonyl (C=O) groups is 1. The number of nitrogen functional groups attached to an aromatic ring is 1. The van der Waals surface area contributed by atoms with Crippen LogP contribution in [0.15, 0.2) is 41.3 Å². The van der Waals surface area contributed by atoms with E-state index in [9.17, 15) is 9.59 Å². The van der Waals surface area contributed by atoms with Gasteiger partial charge in [0, 0.05) is 31.0 Å². The Balaban J connectivity index is 1.42. The third kappa shape index (κ3) is 5.40. The highest BCUT2D eigenvalue weighted by molar-refractivity contribution is 5.78. The summed E-state index contributed by atoms with van der Waals surface area (Å²) in [5.41, 5.74) is 14.6. The van der Waals surface area contributed by atoms with Gasteiger partial charge in [0.25, 0.3) is 5.56 Å². The van der Waals surface area contributed by atoms with Crippen LogP contribution in [0.4, 0.5) is 11.5 Å². The minimum absolute atomic E-state index is 0.00724. The molecular weight excluding hydrogens is 444 g/mol. The van der Waals surface area contributed by atoms with Crippen molar-refractivity contribution >= 4 is 17.4 Å². The molecule has 1 aliphatic rings. The van der Waals surface area contributed by atoms with E-state index in [1.54, 1.807) is 12.3 Å². The predicted octanol–water partition coefficient (Wildman–Crippen LogP) is 2.18. The molecule has 0 atom stereocenters. The van der Waals surface area contributed by atoms with Crippen LogP contribution in [0.25, 0.3) is 0 Å². The first kappa shape index (κ1) is 24.1. The number of aryl methyl sites for hydroxylation is 3. The molecule has 0 radical (unpaired) electrons. The zero-order valence-corrected chi connectivity index (χ0v) is 20.6. The number of carbonyl (C=O) groups excluding carboxylic acids is 1. The highest BCUT2D eigenvalue weighted by Crippen LogP contribution is 2.31. The number of aromatic nitrogens is 2. The molecule has 0 aliphatic carbocycles. The fourth-order valence-corrected chi connectivity index (χ4v) is 4.26. The van der Waals surface area contributed by atoms with Crippen LogP contribution in [0.3, 0.4) is 0 Å². The van der Waals surface area contributed by atoms with Gasteiger partial charge < -0.3 is 26.1 Å². The van der Waals surface area contributed by atoms with E-state index in [2.05, 4.69) is 20.6 Å². The number of amides is 1. The van der Waals surface area contributed by atoms with Gasteiger partial charge in [-0.25, -0.2) is 9.66 Å². The molecule has 1 aromatic carbocycles. The number of nitrogens with zero attached hydrogens (tertiary/aromatic N) is 3. The number of anilines is 2. The number of hydrogen-bond donors (Lipinski definition) is 3. The molecule has 0 bridgehead atoms. The highest BCUT2D eigenvalue weighted by atomic mass is 16.5. The van der Waals surface area contributed by atoms with E-state index in [-0.39, 0.29) is 17.9 Å². The van der Waals surface area contributed by atoms with Crippen molar-refractivity contribution in [3.05, 3.63) is 80.4 Å². The molecule has 184 valence electrons. The number of fused-ring (bicyclic) bond motifs is 1. The van der Waals surface area contributed by atoms with E-state index >= 15 is 0 Å². The fourth-order valence-electron chi connectivity index (χ4n) is 4.26. The van der Waals surface area contributed by atoms with Gasteiger partial charge in [0.1, 0.15) is 18.2 Å². The van der Waals surface area contributed by atoms with Crippen LogP contribution >= 0.6 is 0 Å². The summed E-state index contributed by atoms with van der Waals surface area (Å²) in [7, 11) is 2.04. The Kier molecular flexibility index (Phi) is 6.95. The maximum absolute atomic E-state index is 13.1. The van der Waals surface area contributed by atoms with E-state index in [1.807, 2.05) is 52.1 Å². The van der Waals surface area contributed by atoms with Crippen LogP contribution < -0.4 is 31.7 Å². The van der Waals surface area contributed by atoms with E-state index in [1.165, 1.54) is 4.68 Å². The summed E-state index contributed by atoms with van der Waals surface area (Å²) in [6.07, 6.45) is 1.68. The number of benzene rings is 1. The van der Waals surface area contributed by atoms with Crippen LogP contribution in [0.2, 0.25) is 0 Å². The van der Waals surface area contributed by atoms with Gasteiger partial charge in [-0.2, -0.15) is 0 Å². The van der Waals surface area contributed by atoms with E-state index < -0.39 is 0 Å². The van der Waals surface area contributed by atoms with Crippen molar-refractivity contribution < 1.29 is 9.53 Å². The number of rotatable bonds is 7. The molecule has 9 nitrogen and oxygen atoms in total. The molecule has 9 heteroatoms. The maximum Gasteiger partial charge on any atom is 0.272 e. The standard InChI is InChI=1S/C26H32N6O3/c1-16-7-8-32(29-14-19-5-6-22-23(12-19)35-10-9-31(22)4)26(34)20(16)13-25(33)28-15-21-17(2)11-24(27)30-18(21)3/h5-8,11-12,29H,9-10,13-15H2,1-4H3,(H2,27,30)(H,28,33). The lowest BCUT2D eigenvalue weighted by Crippen LogP contribution is -2.34. The quantitative estimate of drug-likeness (QED) is 0.479. The summed E-state index contributed by atoms with van der Waals surface area (Å²) in [6.45, 7) is 7.92. The van der Waals surface area contributed by atoms with Gasteiger partial charge in [-0.1, -0.05) is 6.07 Å². The summed E-state index contributed by atoms with van der Waals surface area (Å²) in [4.78, 5) is 32.2. The Bertz CT molecular complexity index is 1290. The highest BCUT2D eigenvalue weighted by Gasteiger charge is 2.16. The van der Waals surface area contributed by atoms with Gasteiger partial charge in [-0.3, -0.25) is 9.59 Å². The van der Waals surface area contributed by atoms with Crippen LogP contribution in [0.1, 0.15) is 33.5 Å². The molecule has 0 fully saturated rings. The molecule has 0 unspecified atom stereocenters. The van der Waals surface area contributed by atoms with Crippen molar-refractivity contribution in [3.8, 4) is 5.75 Å². The number of nitrogens with two attached hydrogens (primary N) is 1. The first-order valence-corrected chi connectivity index (χ1v) is 11.6. The van der Waals surface area contributed by atoms with Crippen molar-refractivity contribution in [1.29, 1.82) is 0 Å². The number of ether oxygens (including phenoxy) is 1. The molecule has 2 aromatic heterocycles. The number of likely N-dealkylation sites (N-methyl/N-ethyl adjacent to an activating group) is 1. The first-order valence-electron chi connectivity index (χ1n) is 11.6. The van der Waals surface area contributed by atoms with Crippen molar-refractivity contribution in [2.75, 3.05) is 36.3 Å². The Morgan fingerprint density at radius 3 is 2.69 bits per heavy atom. The van der Waals surface area contributed by atoms with Crippen molar-refractivity contribution in [2.24, 2.45) is 0 Å². The van der Waals surface area contributed by atoms with Crippen molar-refractivity contribution in [1.82, 2.24) is 15.0 Å². The summed E-state index contributed by atoms with van der Waals surface area (Å²) < 4.78 is 7.20. The summed E-state index contributed by atoms with van der Waals surface area (Å²) in [5, 5.41) is 2.91. The first-order chi connectivity index (χ1) is 16.7. The molecule has 35 heavy (non-hydrogen) atoms. The SMILES string of the molecule is Cc1cc(N)nc(C)c1CNC(=O)Cc1c(C)ccn(NCc2ccc3c(c2)OCCN3C)c1=O. The minimum Gasteiger partial charge on any atom is -0.490 e. The monoisotopic (exact) mass is 476 g/mol. The normalized spacial score (nSPS) is 12.6. The molecule has 4 rings (SSSR count). The van der Waals surface area contributed by atoms with E-state index in [0.717, 1.165) is 45.9 Å². The maximum atomic E-state index is 13.1. The van der Waals surface area contributed by atoms with Gasteiger partial charge in [-0.15, -0.1) is 0 Å². The average Bonchev–Trinajstić information content (AvgIpc) is 2.80. The Labute approximate surface area is 204 Å². The second-order valence-electron chi connectivity index (χ2n) is 8.94. The second kappa shape index (κ2) is 10.1. The van der Waals surface area contributed by atoms with E-state index in [4.69, 9.17) is 10.5 Å². The number of hydrogen-bond acceptors (Lipinski definition) is 7. The van der Waals surface area contributed by atoms with Crippen molar-refractivity contribution in [3.63, 3.8) is 0 Å². The topological polar surface area (TPSA) is 115 Å². The largest absolute Gasteiger partial charge is 0.490 e. The lowest BCUT2D eigenvalue weighted by Gasteiger charge is -2.28. The summed E-state index contributed by atoms with van der Waals surface area (Å²) in [5.74, 6) is 1.07. The average molecular weight is 477 g/mol. The molecule has 1 amide bonds. The summed E-state index contributed by atoms with van der Waals surface area (Å²) in [6, 6.07) is 9.65. The van der Waals surface area contributed by atoms with Crippen LogP contribution in [0.5, 0.6) is 5.75 Å². The Morgan fingerprint density at radius 2 is 1.91 bits per heavy atom. The van der Waals surface area contributed by atoms with Crippen LogP contribution in [-0.4, -0.2) is 35.8 Å². The molecule has 3 heterocycles. The molecule has 4 N–H and O–H groups in total. The molecule has 0 saturated heterocycles. The lowest BCUT2D eigenvalue weighted by molar-refractivity contribution is -0.120. The van der Waals surface area contributed by atoms with Gasteiger partial charge in [0.05, 0.1) is 25.2 Å². The van der Waals surface area contributed by atoms with Crippen LogP contribution in [-0.2, 0) is 24.3 Å². The van der Waals surface area contributed by atoms with Crippen molar-refractivity contribution in [2.45, 2.75) is 40.3 Å². The van der Waals surface area contributed by atoms with Gasteiger partial charge in [-0.05, 0) is 67.3 Å². The molecule has 1 aliphatic heterocycles. The van der Waals surface area contributed by atoms with E-state index in [0.29, 0.717) is 31.1 Å². The summed E-state index contributed by atoms with van der Waals surface area (Å²) >= 11 is 0. The second-order valence-corrected chi connectivity index (χ2v) is 8.94. The minimum atomic E-state index is -0.240. The number of pyridine rings is 2. The molecule has 0 saturated carbocycles. The lowest BCUT2D eigenvalue weighted by atomic mass is 10.1. The van der Waals surface area contributed by atoms with Crippen LogP contribution in [0, 0.1) is 20.8 Å². The number of nitrogens with one attached hydrogen (secondary N) is 2. The Morgan fingerprint density at radius 1 is 1.11 bits per heavy atom. The molecular formula is C26H32N6O3. The zero-order chi connectivity index (χ0) is 25.1. The predicted molar refractivity (Wildman–Crippen MR) is 137 cm³/mol. The third-order valence-electron chi connectivity index (χ3n) is 6.37. The van der Waals surface area contributed by atoms with Gasteiger partial charge in [0.2, 0.25) is 5.91 Å². The molecule has 0 spiro atoms. The smallest absolute Gasteiger partial charge is 0.272 e. The Hall–Kier alpha value is -4.01. The third-order valence-corrected chi connectivity index (χ3v) is 6.37. The fraction of sp³-hybridized carbons (Fsp3) is 0.346. The molecule has 3 aromatic rings. The van der Waals surface area contributed by atoms with Gasteiger partial charge >= 0.3 is 0 Å². The van der Waals surface area contributed by atoms with Gasteiger partial charge in [0.15, 0.2) is 0 Å².